The highest BCUT2D eigenvalue weighted by atomic mass is 32.1. The number of ether oxygens (including phenoxy) is 3. The number of imide groups is 1. The van der Waals surface area contributed by atoms with E-state index in [0.717, 1.165) is 29.1 Å². The minimum Gasteiger partial charge on any atom is -0.461 e. The van der Waals surface area contributed by atoms with Crippen molar-refractivity contribution < 1.29 is 43.3 Å². The van der Waals surface area contributed by atoms with E-state index < -0.39 is 41.2 Å². The lowest BCUT2D eigenvalue weighted by molar-refractivity contribution is -0.166. The average molecular weight is 727 g/mol. The number of epoxide rings is 1. The second-order valence-corrected chi connectivity index (χ2v) is 17.1. The number of fused-ring (bicyclic) bond motifs is 1. The standard InChI is InChI=1S/C39H54N2O9S/c1-22-9-8-16-39(7)31(50-39)18-29(23(2)17-28-21-51-25(4)40-28)48-34(45)19-30(42)38(5,6)36(46)24(3)35(22)49-37(47)27-12-10-26(11-13-27)20-41-32(43)14-15-33(41)44/h14-15,17,21-22,24,26-27,29-31,35,42H,8-13,16,18-20H2,1-7H3/b23-17+/t22-,24+,26?,27?,29?,30-,31-,35-,39+/m0/s1. The monoisotopic (exact) mass is 726 g/mol. The number of esters is 2. The molecule has 3 fully saturated rings. The Morgan fingerprint density at radius 2 is 1.75 bits per heavy atom. The van der Waals surface area contributed by atoms with Crippen molar-refractivity contribution in [1.29, 1.82) is 0 Å². The minimum absolute atomic E-state index is 0.116. The number of aryl methyl sites for hydroxylation is 1. The smallest absolute Gasteiger partial charge is 0.309 e. The van der Waals surface area contributed by atoms with Crippen LogP contribution in [0.3, 0.4) is 0 Å². The van der Waals surface area contributed by atoms with E-state index in [1.165, 1.54) is 17.1 Å². The molecule has 0 radical (unpaired) electrons. The second-order valence-electron chi connectivity index (χ2n) is 16.0. The summed E-state index contributed by atoms with van der Waals surface area (Å²) in [5.41, 5.74) is -0.103. The van der Waals surface area contributed by atoms with Crippen LogP contribution in [0.15, 0.2) is 23.1 Å². The zero-order valence-corrected chi connectivity index (χ0v) is 31.8. The number of Topliss-reactive ketones (excluding diaryl/α,β-unsaturated/α-hetero) is 1. The lowest BCUT2D eigenvalue weighted by atomic mass is 9.72. The van der Waals surface area contributed by atoms with Gasteiger partial charge < -0.3 is 19.3 Å². The van der Waals surface area contributed by atoms with Crippen molar-refractivity contribution in [3.8, 4) is 0 Å². The van der Waals surface area contributed by atoms with Crippen molar-refractivity contribution in [2.75, 3.05) is 6.54 Å². The Hall–Kier alpha value is -3.22. The zero-order valence-electron chi connectivity index (χ0n) is 31.0. The molecule has 11 nitrogen and oxygen atoms in total. The Balaban J connectivity index is 1.28. The lowest BCUT2D eigenvalue weighted by Gasteiger charge is -2.37. The average Bonchev–Trinajstić information content (AvgIpc) is 3.33. The molecule has 0 bridgehead atoms. The molecule has 0 aromatic carbocycles. The molecule has 1 N–H and O–H groups in total. The van der Waals surface area contributed by atoms with Crippen molar-refractivity contribution in [1.82, 2.24) is 9.88 Å². The normalized spacial score (nSPS) is 35.4. The van der Waals surface area contributed by atoms with Gasteiger partial charge in [-0.05, 0) is 82.8 Å². The topological polar surface area (TPSA) is 153 Å². The number of hydrogen-bond donors (Lipinski definition) is 1. The van der Waals surface area contributed by atoms with Gasteiger partial charge in [-0.15, -0.1) is 11.3 Å². The summed E-state index contributed by atoms with van der Waals surface area (Å²) in [6, 6.07) is 0. The molecule has 1 aromatic rings. The number of thiazole rings is 1. The van der Waals surface area contributed by atoms with Gasteiger partial charge in [0.05, 0.1) is 52.2 Å². The van der Waals surface area contributed by atoms with Gasteiger partial charge in [0.2, 0.25) is 0 Å². The fourth-order valence-corrected chi connectivity index (χ4v) is 8.52. The highest BCUT2D eigenvalue weighted by Crippen LogP contribution is 2.45. The van der Waals surface area contributed by atoms with Crippen LogP contribution in [-0.4, -0.2) is 81.1 Å². The highest BCUT2D eigenvalue weighted by molar-refractivity contribution is 7.09. The first kappa shape index (κ1) is 39.0. The van der Waals surface area contributed by atoms with Gasteiger partial charge in [0.25, 0.3) is 11.8 Å². The van der Waals surface area contributed by atoms with Crippen LogP contribution >= 0.6 is 11.3 Å². The number of nitrogens with zero attached hydrogens (tertiary/aromatic N) is 2. The predicted octanol–water partition coefficient (Wildman–Crippen LogP) is 5.76. The van der Waals surface area contributed by atoms with Crippen molar-refractivity contribution in [3.05, 3.63) is 33.8 Å². The van der Waals surface area contributed by atoms with E-state index in [4.69, 9.17) is 14.2 Å². The molecule has 1 saturated carbocycles. The fourth-order valence-electron chi connectivity index (χ4n) is 7.95. The third kappa shape index (κ3) is 9.24. The molecule has 51 heavy (non-hydrogen) atoms. The van der Waals surface area contributed by atoms with Crippen molar-refractivity contribution >= 4 is 46.9 Å². The quantitative estimate of drug-likeness (QED) is 0.218. The molecule has 7 atom stereocenters. The van der Waals surface area contributed by atoms with Crippen LogP contribution in [0.2, 0.25) is 0 Å². The van der Waals surface area contributed by atoms with Crippen LogP contribution in [0.1, 0.15) is 110 Å². The number of hydrogen-bond acceptors (Lipinski definition) is 11. The fraction of sp³-hybridized carbons (Fsp3) is 0.692. The first-order valence-corrected chi connectivity index (χ1v) is 19.3. The molecule has 2 amide bonds. The van der Waals surface area contributed by atoms with E-state index in [1.54, 1.807) is 32.1 Å². The number of cyclic esters (lactones) is 1. The van der Waals surface area contributed by atoms with E-state index in [1.807, 2.05) is 32.2 Å². The Morgan fingerprint density at radius 1 is 1.08 bits per heavy atom. The molecule has 0 spiro atoms. The number of aromatic nitrogens is 1. The summed E-state index contributed by atoms with van der Waals surface area (Å²) < 4.78 is 18.4. The molecular weight excluding hydrogens is 673 g/mol. The van der Waals surface area contributed by atoms with Gasteiger partial charge in [-0.1, -0.05) is 34.1 Å². The lowest BCUT2D eigenvalue weighted by Crippen LogP contribution is -2.47. The molecule has 4 heterocycles. The van der Waals surface area contributed by atoms with Gasteiger partial charge in [-0.2, -0.15) is 0 Å². The molecule has 1 unspecified atom stereocenters. The summed E-state index contributed by atoms with van der Waals surface area (Å²) in [6.07, 6.45) is 6.55. The summed E-state index contributed by atoms with van der Waals surface area (Å²) in [5.74, 6) is -2.99. The van der Waals surface area contributed by atoms with Crippen LogP contribution in [0.4, 0.5) is 0 Å². The number of rotatable bonds is 6. The van der Waals surface area contributed by atoms with Crippen LogP contribution in [0, 0.1) is 36.0 Å². The first-order valence-electron chi connectivity index (χ1n) is 18.4. The number of amides is 2. The van der Waals surface area contributed by atoms with Crippen molar-refractivity contribution in [2.24, 2.45) is 29.1 Å². The molecule has 4 aliphatic rings. The SMILES string of the molecule is C/C(=C\c1csc(C)n1)C1C[C@@H]2O[C@]2(C)CCC[C@H](C)[C@H](OC(=O)C2CCC(CN3C(=O)C=CC3=O)CC2)[C@@H](C)C(=O)C(C)(C)[C@@H](O)CC(=O)O1. The van der Waals surface area contributed by atoms with Gasteiger partial charge in [0.15, 0.2) is 0 Å². The van der Waals surface area contributed by atoms with Crippen molar-refractivity contribution in [2.45, 2.75) is 136 Å². The van der Waals surface area contributed by atoms with Crippen LogP contribution in [0.5, 0.6) is 0 Å². The van der Waals surface area contributed by atoms with E-state index in [9.17, 15) is 29.1 Å². The zero-order chi connectivity index (χ0) is 37.2. The number of carbonyl (C=O) groups excluding carboxylic acids is 5. The summed E-state index contributed by atoms with van der Waals surface area (Å²) in [7, 11) is 0. The second kappa shape index (κ2) is 15.8. The molecular formula is C39H54N2O9S. The Morgan fingerprint density at radius 3 is 2.37 bits per heavy atom. The number of aliphatic hydroxyl groups excluding tert-OH is 1. The van der Waals surface area contributed by atoms with E-state index in [0.29, 0.717) is 45.1 Å². The van der Waals surface area contributed by atoms with Crippen LogP contribution < -0.4 is 0 Å². The molecule has 12 heteroatoms. The van der Waals surface area contributed by atoms with Crippen LogP contribution in [0.25, 0.3) is 6.08 Å². The molecule has 3 aliphatic heterocycles. The third-order valence-corrected chi connectivity index (χ3v) is 12.5. The number of aliphatic hydroxyl groups is 1. The van der Waals surface area contributed by atoms with Crippen LogP contribution in [-0.2, 0) is 38.2 Å². The summed E-state index contributed by atoms with van der Waals surface area (Å²) >= 11 is 1.54. The molecule has 5 rings (SSSR count). The maximum absolute atomic E-state index is 14.1. The van der Waals surface area contributed by atoms with Gasteiger partial charge in [0.1, 0.15) is 18.0 Å². The molecule has 1 aliphatic carbocycles. The predicted molar refractivity (Wildman–Crippen MR) is 191 cm³/mol. The Labute approximate surface area is 305 Å². The number of carbonyl (C=O) groups is 5. The van der Waals surface area contributed by atoms with Crippen molar-refractivity contribution in [3.63, 3.8) is 0 Å². The summed E-state index contributed by atoms with van der Waals surface area (Å²) in [4.78, 5) is 71.0. The number of ketones is 1. The summed E-state index contributed by atoms with van der Waals surface area (Å²) in [5, 5.41) is 14.2. The van der Waals surface area contributed by atoms with Gasteiger partial charge in [-0.3, -0.25) is 28.9 Å². The first-order chi connectivity index (χ1) is 24.0. The van der Waals surface area contributed by atoms with Gasteiger partial charge in [0, 0.05) is 30.5 Å². The Bertz CT molecular complexity index is 1540. The maximum atomic E-state index is 14.1. The molecule has 2 saturated heterocycles. The van der Waals surface area contributed by atoms with Gasteiger partial charge >= 0.3 is 11.9 Å². The molecule has 280 valence electrons. The van der Waals surface area contributed by atoms with E-state index in [2.05, 4.69) is 11.9 Å². The largest absolute Gasteiger partial charge is 0.461 e. The minimum atomic E-state index is -1.33. The third-order valence-electron chi connectivity index (χ3n) is 11.7. The summed E-state index contributed by atoms with van der Waals surface area (Å²) in [6.45, 7) is 13.2. The van der Waals surface area contributed by atoms with E-state index in [-0.39, 0.29) is 53.8 Å². The van der Waals surface area contributed by atoms with E-state index >= 15 is 0 Å². The Kier molecular flexibility index (Phi) is 12.1. The highest BCUT2D eigenvalue weighted by Gasteiger charge is 2.53. The van der Waals surface area contributed by atoms with Gasteiger partial charge in [-0.25, -0.2) is 4.98 Å². The molecule has 1 aromatic heterocycles. The maximum Gasteiger partial charge on any atom is 0.309 e.